The number of rotatable bonds is 2. The van der Waals surface area contributed by atoms with E-state index in [0.29, 0.717) is 6.61 Å². The van der Waals surface area contributed by atoms with Crippen molar-refractivity contribution in [2.75, 3.05) is 13.2 Å². The highest BCUT2D eigenvalue weighted by molar-refractivity contribution is 5.06. The van der Waals surface area contributed by atoms with Crippen molar-refractivity contribution in [3.05, 3.63) is 0 Å². The predicted octanol–water partition coefficient (Wildman–Crippen LogP) is 2.25. The van der Waals surface area contributed by atoms with E-state index < -0.39 is 11.5 Å². The molecule has 2 aliphatic rings. The van der Waals surface area contributed by atoms with Gasteiger partial charge in [0.15, 0.2) is 0 Å². The molecule has 3 heteroatoms. The van der Waals surface area contributed by atoms with Gasteiger partial charge in [-0.25, -0.2) is 0 Å². The third-order valence-corrected chi connectivity index (χ3v) is 4.18. The van der Waals surface area contributed by atoms with Crippen LogP contribution in [0.4, 0.5) is 0 Å². The monoisotopic (exact) mass is 223 g/mol. The summed E-state index contributed by atoms with van der Waals surface area (Å²) in [7, 11) is 0. The molecule has 2 rings (SSSR count). The maximum atomic E-state index is 10.4. The van der Waals surface area contributed by atoms with Gasteiger partial charge in [-0.3, -0.25) is 0 Å². The fourth-order valence-electron chi connectivity index (χ4n) is 3.12. The van der Waals surface area contributed by atoms with Crippen LogP contribution in [0.1, 0.15) is 44.9 Å². The maximum absolute atomic E-state index is 10.4. The third-order valence-electron chi connectivity index (χ3n) is 4.18. The van der Waals surface area contributed by atoms with E-state index in [4.69, 9.17) is 4.74 Å². The Labute approximate surface area is 97.4 Å². The number of nitrogens with zero attached hydrogens (tertiary/aromatic N) is 1. The lowest BCUT2D eigenvalue weighted by Crippen LogP contribution is -2.43. The van der Waals surface area contributed by atoms with Crippen LogP contribution in [0.15, 0.2) is 0 Å². The van der Waals surface area contributed by atoms with Gasteiger partial charge < -0.3 is 9.84 Å². The zero-order valence-corrected chi connectivity index (χ0v) is 9.82. The van der Waals surface area contributed by atoms with Crippen LogP contribution < -0.4 is 0 Å². The van der Waals surface area contributed by atoms with Crippen LogP contribution in [-0.4, -0.2) is 24.4 Å². The molecule has 2 atom stereocenters. The van der Waals surface area contributed by atoms with E-state index >= 15 is 0 Å². The summed E-state index contributed by atoms with van der Waals surface area (Å²) in [6.07, 6.45) is 6.63. The number of aliphatic hydroxyl groups excluding tert-OH is 1. The fourth-order valence-corrected chi connectivity index (χ4v) is 3.12. The fraction of sp³-hybridized carbons (Fsp3) is 0.923. The third kappa shape index (κ3) is 2.23. The molecule has 0 aromatic heterocycles. The highest BCUT2D eigenvalue weighted by Gasteiger charge is 2.43. The van der Waals surface area contributed by atoms with Crippen molar-refractivity contribution in [1.29, 1.82) is 5.26 Å². The Bertz CT molecular complexity index is 260. The molecule has 1 saturated heterocycles. The summed E-state index contributed by atoms with van der Waals surface area (Å²) in [5.74, 6) is 0.173. The molecule has 0 spiro atoms. The van der Waals surface area contributed by atoms with Crippen molar-refractivity contribution < 1.29 is 9.84 Å². The van der Waals surface area contributed by atoms with Crippen molar-refractivity contribution in [1.82, 2.24) is 0 Å². The molecule has 3 nitrogen and oxygen atoms in total. The molecular weight excluding hydrogens is 202 g/mol. The molecule has 1 aliphatic carbocycles. The number of nitriles is 1. The molecule has 0 bridgehead atoms. The first-order chi connectivity index (χ1) is 7.78. The van der Waals surface area contributed by atoms with Crippen molar-refractivity contribution in [3.63, 3.8) is 0 Å². The van der Waals surface area contributed by atoms with E-state index in [1.807, 2.05) is 0 Å². The van der Waals surface area contributed by atoms with Gasteiger partial charge in [-0.2, -0.15) is 5.26 Å². The minimum Gasteiger partial charge on any atom is -0.391 e. The van der Waals surface area contributed by atoms with Crippen LogP contribution in [0.25, 0.3) is 0 Å². The van der Waals surface area contributed by atoms with Crippen molar-refractivity contribution >= 4 is 0 Å². The molecule has 1 heterocycles. The highest BCUT2D eigenvalue weighted by atomic mass is 16.5. The largest absolute Gasteiger partial charge is 0.391 e. The summed E-state index contributed by atoms with van der Waals surface area (Å²) in [4.78, 5) is 0. The van der Waals surface area contributed by atoms with Crippen LogP contribution >= 0.6 is 0 Å². The van der Waals surface area contributed by atoms with Crippen molar-refractivity contribution in [2.45, 2.75) is 51.0 Å². The topological polar surface area (TPSA) is 53.2 Å². The summed E-state index contributed by atoms with van der Waals surface area (Å²) in [5, 5.41) is 19.8. The van der Waals surface area contributed by atoms with Crippen LogP contribution in [0.2, 0.25) is 0 Å². The Morgan fingerprint density at radius 3 is 2.56 bits per heavy atom. The van der Waals surface area contributed by atoms with Crippen molar-refractivity contribution in [3.8, 4) is 6.07 Å². The Morgan fingerprint density at radius 1 is 1.25 bits per heavy atom. The summed E-state index contributed by atoms with van der Waals surface area (Å²) >= 11 is 0. The van der Waals surface area contributed by atoms with Crippen LogP contribution in [0, 0.1) is 22.7 Å². The molecule has 2 fully saturated rings. The summed E-state index contributed by atoms with van der Waals surface area (Å²) in [6, 6.07) is 2.41. The minimum atomic E-state index is -0.488. The summed E-state index contributed by atoms with van der Waals surface area (Å²) in [6.45, 7) is 1.44. The number of hydrogen-bond acceptors (Lipinski definition) is 3. The van der Waals surface area contributed by atoms with E-state index in [-0.39, 0.29) is 5.92 Å². The van der Waals surface area contributed by atoms with Gasteiger partial charge in [0.05, 0.1) is 24.2 Å². The predicted molar refractivity (Wildman–Crippen MR) is 60.7 cm³/mol. The molecule has 1 saturated carbocycles. The van der Waals surface area contributed by atoms with Gasteiger partial charge in [0.1, 0.15) is 0 Å². The molecule has 16 heavy (non-hydrogen) atoms. The molecule has 0 aromatic rings. The lowest BCUT2D eigenvalue weighted by atomic mass is 9.67. The second-order valence-corrected chi connectivity index (χ2v) is 5.25. The van der Waals surface area contributed by atoms with Crippen LogP contribution in [0.5, 0.6) is 0 Å². The maximum Gasteiger partial charge on any atom is 0.0835 e. The molecule has 1 aliphatic heterocycles. The average molecular weight is 223 g/mol. The van der Waals surface area contributed by atoms with Crippen molar-refractivity contribution in [2.24, 2.45) is 11.3 Å². The smallest absolute Gasteiger partial charge is 0.0835 e. The molecule has 0 radical (unpaired) electrons. The van der Waals surface area contributed by atoms with E-state index in [1.165, 1.54) is 6.42 Å². The summed E-state index contributed by atoms with van der Waals surface area (Å²) in [5.41, 5.74) is -0.483. The molecule has 2 unspecified atom stereocenters. The summed E-state index contributed by atoms with van der Waals surface area (Å²) < 4.78 is 5.41. The normalized spacial score (nSPS) is 31.6. The molecule has 0 aromatic carbocycles. The molecular formula is C13H21NO2. The van der Waals surface area contributed by atoms with Gasteiger partial charge in [-0.15, -0.1) is 0 Å². The number of ether oxygens (including phenoxy) is 1. The lowest BCUT2D eigenvalue weighted by molar-refractivity contribution is -0.0624. The second-order valence-electron chi connectivity index (χ2n) is 5.25. The van der Waals surface area contributed by atoms with Gasteiger partial charge in [-0.1, -0.05) is 19.3 Å². The zero-order chi connectivity index (χ0) is 11.4. The Balaban J connectivity index is 2.04. The zero-order valence-electron chi connectivity index (χ0n) is 9.82. The van der Waals surface area contributed by atoms with E-state index in [9.17, 15) is 10.4 Å². The molecule has 90 valence electrons. The Kier molecular flexibility index (Phi) is 3.83. The minimum absolute atomic E-state index is 0.173. The van der Waals surface area contributed by atoms with Gasteiger partial charge in [0.2, 0.25) is 0 Å². The highest BCUT2D eigenvalue weighted by Crippen LogP contribution is 2.42. The van der Waals surface area contributed by atoms with Gasteiger partial charge in [0.25, 0.3) is 0 Å². The number of hydrogen-bond donors (Lipinski definition) is 1. The van der Waals surface area contributed by atoms with Gasteiger partial charge in [0, 0.05) is 12.5 Å². The molecule has 1 N–H and O–H groups in total. The first-order valence-corrected chi connectivity index (χ1v) is 6.45. The standard InChI is InChI=1S/C13H21NO2/c14-10-13(6-2-1-3-7-13)12(15)11-5-4-8-16-9-11/h11-12,15H,1-9H2. The quantitative estimate of drug-likeness (QED) is 0.781. The van der Waals surface area contributed by atoms with Gasteiger partial charge >= 0.3 is 0 Å². The lowest BCUT2D eigenvalue weighted by Gasteiger charge is -2.40. The van der Waals surface area contributed by atoms with E-state index in [0.717, 1.165) is 45.1 Å². The van der Waals surface area contributed by atoms with E-state index in [2.05, 4.69) is 6.07 Å². The van der Waals surface area contributed by atoms with Crippen LogP contribution in [-0.2, 0) is 4.74 Å². The average Bonchev–Trinajstić information content (AvgIpc) is 2.39. The van der Waals surface area contributed by atoms with Crippen LogP contribution in [0.3, 0.4) is 0 Å². The Morgan fingerprint density at radius 2 is 2.00 bits per heavy atom. The second kappa shape index (κ2) is 5.16. The van der Waals surface area contributed by atoms with Gasteiger partial charge in [-0.05, 0) is 25.7 Å². The first kappa shape index (κ1) is 11.9. The molecule has 0 amide bonds. The SMILES string of the molecule is N#CC1(C(O)C2CCCOC2)CCCCC1. The first-order valence-electron chi connectivity index (χ1n) is 6.45. The number of aliphatic hydroxyl groups is 1. The van der Waals surface area contributed by atoms with E-state index in [1.54, 1.807) is 0 Å². The Hall–Kier alpha value is -0.590.